The molecule has 0 amide bonds. The third kappa shape index (κ3) is 4.48. The number of piperidine rings is 3. The summed E-state index contributed by atoms with van der Waals surface area (Å²) in [4.78, 5) is 13.7. The molecule has 3 fully saturated rings. The van der Waals surface area contributed by atoms with Gasteiger partial charge in [-0.25, -0.2) is 0 Å². The van der Waals surface area contributed by atoms with Crippen molar-refractivity contribution < 1.29 is 18.8 Å². The van der Waals surface area contributed by atoms with Gasteiger partial charge in [-0.05, 0) is 40.8 Å². The fourth-order valence-electron chi connectivity index (χ4n) is 6.57. The zero-order valence-corrected chi connectivity index (χ0v) is 20.3. The van der Waals surface area contributed by atoms with Crippen LogP contribution in [0.4, 0.5) is 0 Å². The summed E-state index contributed by atoms with van der Waals surface area (Å²) in [7, 11) is 0. The average Bonchev–Trinajstić information content (AvgIpc) is 2.91. The maximum Gasteiger partial charge on any atom is 0.318 e. The van der Waals surface area contributed by atoms with Crippen LogP contribution in [0.5, 0.6) is 5.75 Å². The van der Waals surface area contributed by atoms with E-state index in [2.05, 4.69) is 36.4 Å². The van der Waals surface area contributed by atoms with Crippen LogP contribution in [-0.4, -0.2) is 49.3 Å². The van der Waals surface area contributed by atoms with Crippen LogP contribution < -0.4 is 4.74 Å². The molecule has 3 aromatic carbocycles. The van der Waals surface area contributed by atoms with Crippen LogP contribution >= 0.6 is 0 Å². The molecular weight excluding hydrogens is 434 g/mol. The van der Waals surface area contributed by atoms with Crippen LogP contribution in [0, 0.1) is 5.92 Å². The lowest BCUT2D eigenvalue weighted by atomic mass is 9.78. The molecule has 4 nitrogen and oxygen atoms in total. The number of fused-ring (bicyclic) bond motifs is 5. The summed E-state index contributed by atoms with van der Waals surface area (Å²) < 4.78 is 13.4. The predicted molar refractivity (Wildman–Crippen MR) is 136 cm³/mol. The van der Waals surface area contributed by atoms with Gasteiger partial charge in [-0.3, -0.25) is 4.79 Å². The van der Waals surface area contributed by atoms with Gasteiger partial charge in [0.15, 0.2) is 6.10 Å². The van der Waals surface area contributed by atoms with Crippen molar-refractivity contribution in [2.75, 3.05) is 32.8 Å². The van der Waals surface area contributed by atoms with E-state index in [1.54, 1.807) is 0 Å². The van der Waals surface area contributed by atoms with E-state index in [0.717, 1.165) is 66.7 Å². The number of nitrogens with zero attached hydrogens (tertiary/aromatic N) is 1. The van der Waals surface area contributed by atoms with Crippen molar-refractivity contribution in [2.45, 2.75) is 37.7 Å². The Morgan fingerprint density at radius 3 is 2.14 bits per heavy atom. The first-order valence-electron chi connectivity index (χ1n) is 13.1. The van der Waals surface area contributed by atoms with Gasteiger partial charge >= 0.3 is 5.97 Å². The molecule has 4 aliphatic rings. The maximum atomic E-state index is 13.7. The number of carbonyl (C=O) groups is 1. The number of rotatable bonds is 7. The molecule has 3 aliphatic heterocycles. The summed E-state index contributed by atoms with van der Waals surface area (Å²) in [5, 5.41) is 0. The molecule has 1 unspecified atom stereocenters. The molecule has 3 saturated heterocycles. The van der Waals surface area contributed by atoms with Gasteiger partial charge in [0.25, 0.3) is 0 Å². The van der Waals surface area contributed by atoms with Crippen molar-refractivity contribution in [1.82, 2.24) is 0 Å². The Labute approximate surface area is 208 Å². The fraction of sp³-hybridized carbons (Fsp3) is 0.387. The van der Waals surface area contributed by atoms with Crippen LogP contribution in [0.25, 0.3) is 0 Å². The third-order valence-electron chi connectivity index (χ3n) is 8.45. The van der Waals surface area contributed by atoms with Gasteiger partial charge in [0, 0.05) is 25.2 Å². The molecule has 3 aromatic rings. The van der Waals surface area contributed by atoms with Crippen LogP contribution in [-0.2, 0) is 16.0 Å². The molecule has 0 saturated carbocycles. The number of quaternary nitrogens is 1. The van der Waals surface area contributed by atoms with E-state index in [1.807, 2.05) is 42.5 Å². The Hall–Kier alpha value is -3.11. The highest BCUT2D eigenvalue weighted by Crippen LogP contribution is 2.40. The first kappa shape index (κ1) is 22.4. The van der Waals surface area contributed by atoms with Crippen molar-refractivity contribution in [3.63, 3.8) is 0 Å². The van der Waals surface area contributed by atoms with Crippen molar-refractivity contribution >= 4 is 5.97 Å². The summed E-state index contributed by atoms with van der Waals surface area (Å²) >= 11 is 0. The van der Waals surface area contributed by atoms with Crippen LogP contribution in [0.15, 0.2) is 78.9 Å². The second-order valence-electron chi connectivity index (χ2n) is 10.5. The zero-order valence-electron chi connectivity index (χ0n) is 20.3. The van der Waals surface area contributed by atoms with Gasteiger partial charge in [-0.15, -0.1) is 0 Å². The number of hydrogen-bond donors (Lipinski definition) is 0. The monoisotopic (exact) mass is 468 g/mol. The van der Waals surface area contributed by atoms with E-state index in [9.17, 15) is 4.79 Å². The molecule has 0 radical (unpaired) electrons. The number of ether oxygens (including phenoxy) is 2. The molecule has 4 heteroatoms. The topological polar surface area (TPSA) is 35.5 Å². The van der Waals surface area contributed by atoms with E-state index in [1.165, 1.54) is 24.2 Å². The van der Waals surface area contributed by atoms with Gasteiger partial charge in [0.2, 0.25) is 0 Å². The number of benzene rings is 3. The highest BCUT2D eigenvalue weighted by Gasteiger charge is 2.48. The lowest BCUT2D eigenvalue weighted by Gasteiger charge is -2.52. The Morgan fingerprint density at radius 1 is 0.829 bits per heavy atom. The Morgan fingerprint density at radius 2 is 1.46 bits per heavy atom. The Kier molecular flexibility index (Phi) is 6.07. The molecule has 0 N–H and O–H groups in total. The quantitative estimate of drug-likeness (QED) is 0.267. The first-order valence-corrected chi connectivity index (χ1v) is 13.1. The standard InChI is InChI=1S/C31H34NO3/c33-31(30-27-13-6-4-9-24(27)21-25-10-5-7-14-28(25)30)35-29-22-32(18-15-23(29)16-19-32)17-8-20-34-26-11-2-1-3-12-26/h1-7,9-14,23,29-30H,8,15-22H2/q+1. The minimum Gasteiger partial charge on any atom is -0.493 e. The van der Waals surface area contributed by atoms with Crippen molar-refractivity contribution in [3.05, 3.63) is 101 Å². The fourth-order valence-corrected chi connectivity index (χ4v) is 6.57. The molecule has 0 aromatic heterocycles. The van der Waals surface area contributed by atoms with Gasteiger partial charge in [-0.2, -0.15) is 0 Å². The minimum absolute atomic E-state index is 0.0151. The molecule has 0 spiro atoms. The highest BCUT2D eigenvalue weighted by molar-refractivity contribution is 5.84. The second kappa shape index (κ2) is 9.50. The van der Waals surface area contributed by atoms with Gasteiger partial charge in [-0.1, -0.05) is 66.7 Å². The molecule has 180 valence electrons. The Bertz CT molecular complexity index is 1140. The molecule has 2 bridgehead atoms. The van der Waals surface area contributed by atoms with Crippen LogP contribution in [0.1, 0.15) is 47.4 Å². The third-order valence-corrected chi connectivity index (χ3v) is 8.45. The highest BCUT2D eigenvalue weighted by atomic mass is 16.5. The van der Waals surface area contributed by atoms with Crippen molar-refractivity contribution in [3.8, 4) is 5.75 Å². The zero-order chi connectivity index (χ0) is 23.7. The number of esters is 1. The molecule has 7 rings (SSSR count). The van der Waals surface area contributed by atoms with Gasteiger partial charge in [0.1, 0.15) is 18.2 Å². The van der Waals surface area contributed by atoms with Crippen molar-refractivity contribution in [2.24, 2.45) is 5.92 Å². The molecule has 35 heavy (non-hydrogen) atoms. The van der Waals surface area contributed by atoms with Crippen molar-refractivity contribution in [1.29, 1.82) is 0 Å². The van der Waals surface area contributed by atoms with E-state index in [0.29, 0.717) is 5.92 Å². The Balaban J connectivity index is 1.14. The summed E-state index contributed by atoms with van der Waals surface area (Å²) in [5.74, 6) is 1.03. The minimum atomic E-state index is -0.320. The summed E-state index contributed by atoms with van der Waals surface area (Å²) in [6.45, 7) is 5.15. The number of carbonyl (C=O) groups excluding carboxylic acids is 1. The van der Waals surface area contributed by atoms with E-state index in [4.69, 9.17) is 9.47 Å². The van der Waals surface area contributed by atoms with Gasteiger partial charge in [0.05, 0.1) is 26.2 Å². The average molecular weight is 469 g/mol. The predicted octanol–water partition coefficient (Wildman–Crippen LogP) is 5.34. The summed E-state index contributed by atoms with van der Waals surface area (Å²) in [5.41, 5.74) is 4.70. The number of hydrogen-bond acceptors (Lipinski definition) is 3. The number of para-hydroxylation sites is 1. The normalized spacial score (nSPS) is 24.9. The van der Waals surface area contributed by atoms with Crippen LogP contribution in [0.3, 0.4) is 0 Å². The second-order valence-corrected chi connectivity index (χ2v) is 10.5. The smallest absolute Gasteiger partial charge is 0.318 e. The maximum absolute atomic E-state index is 13.7. The lowest BCUT2D eigenvalue weighted by Crippen LogP contribution is -2.64. The van der Waals surface area contributed by atoms with E-state index < -0.39 is 0 Å². The van der Waals surface area contributed by atoms with E-state index >= 15 is 0 Å². The van der Waals surface area contributed by atoms with Crippen LogP contribution in [0.2, 0.25) is 0 Å². The molecule has 1 atom stereocenters. The van der Waals surface area contributed by atoms with Gasteiger partial charge < -0.3 is 14.0 Å². The SMILES string of the molecule is O=C(OC1C[N+]2(CCCOc3ccccc3)CCC1CC2)C1c2ccccc2Cc2ccccc21. The van der Waals surface area contributed by atoms with E-state index in [-0.39, 0.29) is 18.0 Å². The summed E-state index contributed by atoms with van der Waals surface area (Å²) in [6, 6.07) is 26.8. The molecular formula is C31H34NO3+. The lowest BCUT2D eigenvalue weighted by molar-refractivity contribution is -0.946. The molecule has 3 heterocycles. The molecule has 1 aliphatic carbocycles. The largest absolute Gasteiger partial charge is 0.493 e. The first-order chi connectivity index (χ1) is 17.2. The summed E-state index contributed by atoms with van der Waals surface area (Å²) in [6.07, 6.45) is 4.21.